The predicted molar refractivity (Wildman–Crippen MR) is 85.9 cm³/mol. The molecule has 0 spiro atoms. The Morgan fingerprint density at radius 2 is 2.10 bits per heavy atom. The number of hydrogen-bond acceptors (Lipinski definition) is 5. The minimum absolute atomic E-state index is 0.310. The second-order valence-corrected chi connectivity index (χ2v) is 6.44. The van der Waals surface area contributed by atoms with E-state index in [1.165, 1.54) is 6.33 Å². The summed E-state index contributed by atoms with van der Waals surface area (Å²) in [5.74, 6) is 1.99. The highest BCUT2D eigenvalue weighted by atomic mass is 35.5. The van der Waals surface area contributed by atoms with Crippen LogP contribution in [0.25, 0.3) is 5.78 Å². The van der Waals surface area contributed by atoms with Gasteiger partial charge in [-0.3, -0.25) is 0 Å². The molecule has 116 valence electrons. The molecule has 0 aliphatic heterocycles. The number of nitrogens with one attached hydrogen (secondary N) is 1. The molecule has 2 rings (SSSR count). The normalized spacial score (nSPS) is 13.3. The molecular formula is C14H23ClN6. The number of halogens is 1. The quantitative estimate of drug-likeness (QED) is 0.831. The monoisotopic (exact) mass is 310 g/mol. The van der Waals surface area contributed by atoms with Gasteiger partial charge in [0.25, 0.3) is 5.78 Å². The SMILES string of the molecule is Cc1c(Cl)nc2ncnn2c1NC(CC(C)C)CN(C)C. The highest BCUT2D eigenvalue weighted by Gasteiger charge is 2.18. The van der Waals surface area contributed by atoms with Crippen molar-refractivity contribution in [3.8, 4) is 0 Å². The van der Waals surface area contributed by atoms with Crippen molar-refractivity contribution in [2.24, 2.45) is 5.92 Å². The Morgan fingerprint density at radius 3 is 2.71 bits per heavy atom. The highest BCUT2D eigenvalue weighted by molar-refractivity contribution is 6.30. The third kappa shape index (κ3) is 3.83. The van der Waals surface area contributed by atoms with E-state index in [1.807, 2.05) is 6.92 Å². The molecular weight excluding hydrogens is 288 g/mol. The standard InChI is InChI=1S/C14H23ClN6/c1-9(2)6-11(7-20(4)5)18-13-10(3)12(15)19-14-16-8-17-21(13)14/h8-9,11,18H,6-7H2,1-5H3. The van der Waals surface area contributed by atoms with E-state index in [0.29, 0.717) is 22.9 Å². The van der Waals surface area contributed by atoms with Gasteiger partial charge in [-0.05, 0) is 33.4 Å². The van der Waals surface area contributed by atoms with Crippen LogP contribution in [0.15, 0.2) is 6.33 Å². The Balaban J connectivity index is 2.35. The lowest BCUT2D eigenvalue weighted by molar-refractivity contribution is 0.355. The predicted octanol–water partition coefficient (Wildman–Crippen LogP) is 2.47. The van der Waals surface area contributed by atoms with Gasteiger partial charge in [0.2, 0.25) is 0 Å². The summed E-state index contributed by atoms with van der Waals surface area (Å²) in [7, 11) is 4.15. The van der Waals surface area contributed by atoms with Crippen LogP contribution in [0.4, 0.5) is 5.82 Å². The number of nitrogens with zero attached hydrogens (tertiary/aromatic N) is 5. The summed E-state index contributed by atoms with van der Waals surface area (Å²) in [5, 5.41) is 8.28. The Morgan fingerprint density at radius 1 is 1.38 bits per heavy atom. The van der Waals surface area contributed by atoms with Gasteiger partial charge in [0, 0.05) is 18.2 Å². The van der Waals surface area contributed by atoms with Gasteiger partial charge in [-0.2, -0.15) is 19.6 Å². The maximum atomic E-state index is 6.20. The Hall–Kier alpha value is -1.40. The van der Waals surface area contributed by atoms with Gasteiger partial charge in [-0.1, -0.05) is 25.4 Å². The number of aromatic nitrogens is 4. The summed E-state index contributed by atoms with van der Waals surface area (Å²) in [4.78, 5) is 10.5. The minimum atomic E-state index is 0.310. The molecule has 0 saturated carbocycles. The third-order valence-electron chi connectivity index (χ3n) is 3.29. The second kappa shape index (κ2) is 6.58. The first-order chi connectivity index (χ1) is 9.88. The lowest BCUT2D eigenvalue weighted by Crippen LogP contribution is -2.34. The van der Waals surface area contributed by atoms with Crippen LogP contribution in [0, 0.1) is 12.8 Å². The molecule has 0 radical (unpaired) electrons. The summed E-state index contributed by atoms with van der Waals surface area (Å²) in [6.07, 6.45) is 2.56. The van der Waals surface area contributed by atoms with Crippen molar-refractivity contribution in [1.82, 2.24) is 24.5 Å². The van der Waals surface area contributed by atoms with Crippen molar-refractivity contribution in [2.45, 2.75) is 33.2 Å². The van der Waals surface area contributed by atoms with E-state index in [2.05, 4.69) is 53.2 Å². The first-order valence-corrected chi connectivity index (χ1v) is 7.53. The average molecular weight is 311 g/mol. The van der Waals surface area contributed by atoms with E-state index >= 15 is 0 Å². The third-order valence-corrected chi connectivity index (χ3v) is 3.65. The van der Waals surface area contributed by atoms with E-state index < -0.39 is 0 Å². The van der Waals surface area contributed by atoms with Crippen LogP contribution in [-0.2, 0) is 0 Å². The van der Waals surface area contributed by atoms with Gasteiger partial charge in [-0.15, -0.1) is 0 Å². The zero-order valence-corrected chi connectivity index (χ0v) is 14.0. The molecule has 6 nitrogen and oxygen atoms in total. The highest BCUT2D eigenvalue weighted by Crippen LogP contribution is 2.23. The second-order valence-electron chi connectivity index (χ2n) is 6.08. The molecule has 0 aliphatic carbocycles. The maximum absolute atomic E-state index is 6.20. The van der Waals surface area contributed by atoms with Crippen molar-refractivity contribution in [3.05, 3.63) is 17.0 Å². The van der Waals surface area contributed by atoms with Crippen LogP contribution in [0.2, 0.25) is 5.15 Å². The molecule has 0 saturated heterocycles. The molecule has 0 amide bonds. The molecule has 1 N–H and O–H groups in total. The van der Waals surface area contributed by atoms with Crippen molar-refractivity contribution in [2.75, 3.05) is 26.0 Å². The van der Waals surface area contributed by atoms with Gasteiger partial charge >= 0.3 is 0 Å². The number of hydrogen-bond donors (Lipinski definition) is 1. The van der Waals surface area contributed by atoms with Crippen LogP contribution in [-0.4, -0.2) is 51.2 Å². The van der Waals surface area contributed by atoms with Crippen LogP contribution in [0.3, 0.4) is 0 Å². The van der Waals surface area contributed by atoms with E-state index in [-0.39, 0.29) is 0 Å². The van der Waals surface area contributed by atoms with Crippen molar-refractivity contribution < 1.29 is 0 Å². The van der Waals surface area contributed by atoms with E-state index in [9.17, 15) is 0 Å². The van der Waals surface area contributed by atoms with Crippen molar-refractivity contribution in [1.29, 1.82) is 0 Å². The minimum Gasteiger partial charge on any atom is -0.366 e. The smallest absolute Gasteiger partial charge is 0.255 e. The summed E-state index contributed by atoms with van der Waals surface area (Å²) < 4.78 is 1.71. The van der Waals surface area contributed by atoms with E-state index in [1.54, 1.807) is 4.52 Å². The summed E-state index contributed by atoms with van der Waals surface area (Å²) in [6.45, 7) is 7.33. The van der Waals surface area contributed by atoms with Crippen LogP contribution in [0.1, 0.15) is 25.8 Å². The Kier molecular flexibility index (Phi) is 5.00. The molecule has 2 heterocycles. The number of likely N-dealkylation sites (N-methyl/N-ethyl adjacent to an activating group) is 1. The number of anilines is 1. The Labute approximate surface area is 130 Å². The van der Waals surface area contributed by atoms with Gasteiger partial charge in [-0.25, -0.2) is 0 Å². The molecule has 0 aromatic carbocycles. The van der Waals surface area contributed by atoms with Gasteiger partial charge < -0.3 is 10.2 Å². The summed E-state index contributed by atoms with van der Waals surface area (Å²) >= 11 is 6.20. The summed E-state index contributed by atoms with van der Waals surface area (Å²) in [6, 6.07) is 0.310. The van der Waals surface area contributed by atoms with Gasteiger partial charge in [0.15, 0.2) is 0 Å². The van der Waals surface area contributed by atoms with Crippen LogP contribution in [0.5, 0.6) is 0 Å². The largest absolute Gasteiger partial charge is 0.366 e. The molecule has 2 aromatic rings. The molecule has 1 atom stereocenters. The fraction of sp³-hybridized carbons (Fsp3) is 0.643. The first-order valence-electron chi connectivity index (χ1n) is 7.15. The molecule has 0 aliphatic rings. The van der Waals surface area contributed by atoms with E-state index in [4.69, 9.17) is 11.6 Å². The van der Waals surface area contributed by atoms with Gasteiger partial charge in [0.1, 0.15) is 17.3 Å². The average Bonchev–Trinajstić information content (AvgIpc) is 2.80. The molecule has 2 aromatic heterocycles. The molecule has 1 unspecified atom stereocenters. The maximum Gasteiger partial charge on any atom is 0.255 e. The zero-order chi connectivity index (χ0) is 15.6. The van der Waals surface area contributed by atoms with E-state index in [0.717, 1.165) is 24.3 Å². The lowest BCUT2D eigenvalue weighted by atomic mass is 10.0. The van der Waals surface area contributed by atoms with Crippen molar-refractivity contribution >= 4 is 23.2 Å². The molecule has 21 heavy (non-hydrogen) atoms. The van der Waals surface area contributed by atoms with Crippen molar-refractivity contribution in [3.63, 3.8) is 0 Å². The number of rotatable bonds is 6. The van der Waals surface area contributed by atoms with Gasteiger partial charge in [0.05, 0.1) is 0 Å². The number of fused-ring (bicyclic) bond motifs is 1. The fourth-order valence-electron chi connectivity index (χ4n) is 2.45. The van der Waals surface area contributed by atoms with Crippen LogP contribution >= 0.6 is 11.6 Å². The lowest BCUT2D eigenvalue weighted by Gasteiger charge is -2.25. The topological polar surface area (TPSA) is 58.4 Å². The molecule has 0 fully saturated rings. The van der Waals surface area contributed by atoms with Crippen LogP contribution < -0.4 is 5.32 Å². The summed E-state index contributed by atoms with van der Waals surface area (Å²) in [5.41, 5.74) is 0.891. The Bertz CT molecular complexity index is 597. The fourth-order valence-corrected chi connectivity index (χ4v) is 2.61. The first kappa shape index (κ1) is 16.0. The molecule has 0 bridgehead atoms. The molecule has 7 heteroatoms. The zero-order valence-electron chi connectivity index (χ0n) is 13.3.